The average molecular weight is 495 g/mol. The summed E-state index contributed by atoms with van der Waals surface area (Å²) >= 11 is 0. The van der Waals surface area contributed by atoms with Gasteiger partial charge in [0.25, 0.3) is 0 Å². The first kappa shape index (κ1) is 23.7. The third-order valence-electron chi connectivity index (χ3n) is 6.21. The van der Waals surface area contributed by atoms with Crippen LogP contribution in [0.5, 0.6) is 0 Å². The number of hydrogen-bond donors (Lipinski definition) is 1. The van der Waals surface area contributed by atoms with Gasteiger partial charge in [0, 0.05) is 11.6 Å². The third kappa shape index (κ3) is 4.87. The fourth-order valence-electron chi connectivity index (χ4n) is 4.27. The number of hydrogen-bond acceptors (Lipinski definition) is 4. The Hall–Kier alpha value is -4.00. The molecule has 0 amide bonds. The topological polar surface area (TPSA) is 72.2 Å². The van der Waals surface area contributed by atoms with Crippen molar-refractivity contribution in [1.29, 1.82) is 0 Å². The van der Waals surface area contributed by atoms with Crippen molar-refractivity contribution in [2.45, 2.75) is 24.8 Å². The number of nitrogens with one attached hydrogen (secondary N) is 1. The molecule has 5 aromatic rings. The minimum atomic E-state index is -3.72. The van der Waals surface area contributed by atoms with E-state index in [0.29, 0.717) is 5.76 Å². The monoisotopic (exact) mass is 494 g/mol. The highest BCUT2D eigenvalue weighted by molar-refractivity contribution is 7.89. The van der Waals surface area contributed by atoms with E-state index < -0.39 is 10.0 Å². The van der Waals surface area contributed by atoms with Gasteiger partial charge in [-0.25, -0.2) is 13.1 Å². The molecule has 0 bridgehead atoms. The quantitative estimate of drug-likeness (QED) is 0.264. The molecule has 1 N–H and O–H groups in total. The Labute approximate surface area is 211 Å². The van der Waals surface area contributed by atoms with Gasteiger partial charge in [-0.1, -0.05) is 102 Å². The molecule has 0 radical (unpaired) electrons. The average Bonchev–Trinajstić information content (AvgIpc) is 3.31. The first-order chi connectivity index (χ1) is 17.4. The molecular weight excluding hydrogens is 468 g/mol. The summed E-state index contributed by atoms with van der Waals surface area (Å²) in [6, 6.07) is 34.2. The molecule has 0 spiro atoms. The van der Waals surface area contributed by atoms with Gasteiger partial charge < -0.3 is 4.52 Å². The van der Waals surface area contributed by atoms with Gasteiger partial charge in [-0.05, 0) is 48.2 Å². The van der Waals surface area contributed by atoms with E-state index in [1.165, 1.54) is 0 Å². The Kier molecular flexibility index (Phi) is 6.55. The third-order valence-corrected chi connectivity index (χ3v) is 7.77. The van der Waals surface area contributed by atoms with Crippen molar-refractivity contribution < 1.29 is 12.9 Å². The molecule has 5 rings (SSSR count). The van der Waals surface area contributed by atoms with Crippen LogP contribution in [0.2, 0.25) is 0 Å². The van der Waals surface area contributed by atoms with E-state index in [4.69, 9.17) is 4.52 Å². The Balaban J connectivity index is 1.35. The molecule has 1 unspecified atom stereocenters. The van der Waals surface area contributed by atoms with E-state index in [9.17, 15) is 8.42 Å². The molecule has 1 aromatic heterocycles. The van der Waals surface area contributed by atoms with Crippen molar-refractivity contribution in [3.8, 4) is 33.5 Å². The van der Waals surface area contributed by atoms with Crippen LogP contribution in [-0.4, -0.2) is 13.6 Å². The number of sulfonamides is 1. The molecule has 0 aliphatic rings. The number of benzene rings is 4. The van der Waals surface area contributed by atoms with Crippen molar-refractivity contribution >= 4 is 10.0 Å². The lowest BCUT2D eigenvalue weighted by molar-refractivity contribution is 0.400. The second-order valence-electron chi connectivity index (χ2n) is 8.68. The summed E-state index contributed by atoms with van der Waals surface area (Å²) < 4.78 is 34.5. The van der Waals surface area contributed by atoms with Crippen LogP contribution in [0, 0.1) is 6.92 Å². The summed E-state index contributed by atoms with van der Waals surface area (Å²) in [6.45, 7) is 3.70. The van der Waals surface area contributed by atoms with Gasteiger partial charge in [-0.3, -0.25) is 0 Å². The second-order valence-corrected chi connectivity index (χ2v) is 10.4. The fraction of sp³-hybridized carbons (Fsp3) is 0.100. The van der Waals surface area contributed by atoms with Crippen LogP contribution >= 0.6 is 0 Å². The van der Waals surface area contributed by atoms with Crippen molar-refractivity contribution in [3.63, 3.8) is 0 Å². The lowest BCUT2D eigenvalue weighted by Crippen LogP contribution is -2.26. The lowest BCUT2D eigenvalue weighted by Gasteiger charge is -2.15. The normalized spacial score (nSPS) is 12.4. The van der Waals surface area contributed by atoms with Crippen LogP contribution in [0.3, 0.4) is 0 Å². The molecule has 0 aliphatic heterocycles. The van der Waals surface area contributed by atoms with E-state index in [2.05, 4.69) is 22.0 Å². The molecule has 36 heavy (non-hydrogen) atoms. The summed E-state index contributed by atoms with van der Waals surface area (Å²) in [6.07, 6.45) is 0. The summed E-state index contributed by atoms with van der Waals surface area (Å²) in [7, 11) is -3.72. The SMILES string of the molecule is Cc1onc(-c2ccccc2)c1-c1ccc(S(=O)(=O)NC(C)c2ccc(-c3ccccc3)cc2)cc1. The minimum absolute atomic E-state index is 0.203. The Morgan fingerprint density at radius 2 is 1.22 bits per heavy atom. The maximum Gasteiger partial charge on any atom is 0.241 e. The zero-order valence-electron chi connectivity index (χ0n) is 20.0. The van der Waals surface area contributed by atoms with Crippen molar-refractivity contribution in [2.24, 2.45) is 0 Å². The van der Waals surface area contributed by atoms with Gasteiger partial charge in [0.05, 0.1) is 10.5 Å². The number of nitrogens with zero attached hydrogens (tertiary/aromatic N) is 1. The van der Waals surface area contributed by atoms with Gasteiger partial charge in [0.15, 0.2) is 0 Å². The number of aryl methyl sites for hydroxylation is 1. The van der Waals surface area contributed by atoms with E-state index in [-0.39, 0.29) is 10.9 Å². The lowest BCUT2D eigenvalue weighted by atomic mass is 10.00. The first-order valence-corrected chi connectivity index (χ1v) is 13.2. The molecule has 0 fully saturated rings. The van der Waals surface area contributed by atoms with Crippen molar-refractivity contribution in [3.05, 3.63) is 121 Å². The number of rotatable bonds is 7. The van der Waals surface area contributed by atoms with Gasteiger partial charge in [0.1, 0.15) is 11.5 Å². The highest BCUT2D eigenvalue weighted by atomic mass is 32.2. The minimum Gasteiger partial charge on any atom is -0.360 e. The van der Waals surface area contributed by atoms with Crippen LogP contribution in [0.4, 0.5) is 0 Å². The smallest absolute Gasteiger partial charge is 0.241 e. The van der Waals surface area contributed by atoms with Crippen LogP contribution in [0.1, 0.15) is 24.3 Å². The second kappa shape index (κ2) is 9.93. The Morgan fingerprint density at radius 1 is 0.694 bits per heavy atom. The van der Waals surface area contributed by atoms with Gasteiger partial charge >= 0.3 is 0 Å². The molecule has 1 atom stereocenters. The van der Waals surface area contributed by atoms with Crippen molar-refractivity contribution in [2.75, 3.05) is 0 Å². The summed E-state index contributed by atoms with van der Waals surface area (Å²) in [4.78, 5) is 0.203. The molecule has 6 heteroatoms. The number of aromatic nitrogens is 1. The van der Waals surface area contributed by atoms with E-state index in [1.807, 2.05) is 86.6 Å². The molecule has 180 valence electrons. The molecule has 0 aliphatic carbocycles. The standard InChI is InChI=1S/C30H26N2O3S/c1-21(23-13-15-25(16-14-23)24-9-5-3-6-10-24)32-36(33,34)28-19-17-26(18-20-28)29-22(2)35-31-30(29)27-11-7-4-8-12-27/h3-21,32H,1-2H3. The van der Waals surface area contributed by atoms with Crippen LogP contribution < -0.4 is 4.72 Å². The van der Waals surface area contributed by atoms with Crippen LogP contribution in [0.15, 0.2) is 119 Å². The zero-order chi connectivity index (χ0) is 25.1. The van der Waals surface area contributed by atoms with E-state index >= 15 is 0 Å². The first-order valence-electron chi connectivity index (χ1n) is 11.7. The van der Waals surface area contributed by atoms with Crippen LogP contribution in [0.25, 0.3) is 33.5 Å². The van der Waals surface area contributed by atoms with Crippen LogP contribution in [-0.2, 0) is 10.0 Å². The largest absolute Gasteiger partial charge is 0.360 e. The van der Waals surface area contributed by atoms with Gasteiger partial charge in [-0.2, -0.15) is 0 Å². The Morgan fingerprint density at radius 3 is 1.83 bits per heavy atom. The zero-order valence-corrected chi connectivity index (χ0v) is 20.9. The Bertz CT molecular complexity index is 1560. The van der Waals surface area contributed by atoms with Gasteiger partial charge in [-0.15, -0.1) is 0 Å². The summed E-state index contributed by atoms with van der Waals surface area (Å²) in [5.74, 6) is 0.676. The highest BCUT2D eigenvalue weighted by Gasteiger charge is 2.21. The molecule has 4 aromatic carbocycles. The molecule has 0 saturated carbocycles. The fourth-order valence-corrected chi connectivity index (χ4v) is 5.50. The predicted octanol–water partition coefficient (Wildman–Crippen LogP) is 7.02. The molecule has 5 nitrogen and oxygen atoms in total. The van der Waals surface area contributed by atoms with Crippen molar-refractivity contribution in [1.82, 2.24) is 9.88 Å². The van der Waals surface area contributed by atoms with E-state index in [0.717, 1.165) is 39.1 Å². The highest BCUT2D eigenvalue weighted by Crippen LogP contribution is 2.34. The maximum atomic E-state index is 13.1. The maximum absolute atomic E-state index is 13.1. The molecule has 0 saturated heterocycles. The van der Waals surface area contributed by atoms with E-state index in [1.54, 1.807) is 24.3 Å². The predicted molar refractivity (Wildman–Crippen MR) is 143 cm³/mol. The molecular formula is C30H26N2O3S. The summed E-state index contributed by atoms with van der Waals surface area (Å²) in [5.41, 5.74) is 6.47. The molecule has 1 heterocycles. The summed E-state index contributed by atoms with van der Waals surface area (Å²) in [5, 5.41) is 4.23. The van der Waals surface area contributed by atoms with Gasteiger partial charge in [0.2, 0.25) is 10.0 Å².